The Labute approximate surface area is 138 Å². The molecule has 1 aromatic heterocycles. The minimum absolute atomic E-state index is 0.0220. The van der Waals surface area contributed by atoms with E-state index < -0.39 is 0 Å². The Hall–Kier alpha value is -2.40. The molecule has 1 heterocycles. The average Bonchev–Trinajstić information content (AvgIpc) is 3.01. The molecule has 0 fully saturated rings. The van der Waals surface area contributed by atoms with Crippen LogP contribution in [0, 0.1) is 0 Å². The van der Waals surface area contributed by atoms with Crippen molar-refractivity contribution < 1.29 is 13.9 Å². The van der Waals surface area contributed by atoms with E-state index in [4.69, 9.17) is 9.15 Å². The Morgan fingerprint density at radius 1 is 1.17 bits per heavy atom. The van der Waals surface area contributed by atoms with Gasteiger partial charge in [-0.2, -0.15) is 0 Å². The van der Waals surface area contributed by atoms with E-state index >= 15 is 0 Å². The normalized spacial score (nSPS) is 10.7. The number of ether oxygens (including phenoxy) is 1. The maximum atomic E-state index is 11.9. The van der Waals surface area contributed by atoms with Crippen LogP contribution in [-0.4, -0.2) is 18.8 Å². The number of methoxy groups -OCH3 is 1. The minimum Gasteiger partial charge on any atom is -0.497 e. The van der Waals surface area contributed by atoms with Crippen LogP contribution in [0.5, 0.6) is 5.75 Å². The summed E-state index contributed by atoms with van der Waals surface area (Å²) in [6, 6.07) is 17.4. The van der Waals surface area contributed by atoms with Crippen LogP contribution in [0.3, 0.4) is 0 Å². The van der Waals surface area contributed by atoms with Gasteiger partial charge in [0.1, 0.15) is 17.1 Å². The highest BCUT2D eigenvalue weighted by Crippen LogP contribution is 2.21. The fourth-order valence-corrected chi connectivity index (χ4v) is 2.91. The predicted molar refractivity (Wildman–Crippen MR) is 91.8 cm³/mol. The third-order valence-electron chi connectivity index (χ3n) is 3.37. The first-order valence-electron chi connectivity index (χ1n) is 7.25. The summed E-state index contributed by atoms with van der Waals surface area (Å²) < 4.78 is 10.8. The molecular formula is C18H17NO3S. The van der Waals surface area contributed by atoms with Crippen molar-refractivity contribution in [3.8, 4) is 5.75 Å². The number of amides is 1. The van der Waals surface area contributed by atoms with Crippen LogP contribution in [0.15, 0.2) is 63.9 Å². The molecule has 0 spiro atoms. The van der Waals surface area contributed by atoms with Gasteiger partial charge < -0.3 is 14.5 Å². The van der Waals surface area contributed by atoms with Gasteiger partial charge in [-0.15, -0.1) is 11.8 Å². The van der Waals surface area contributed by atoms with Gasteiger partial charge in [-0.05, 0) is 36.4 Å². The summed E-state index contributed by atoms with van der Waals surface area (Å²) in [6.45, 7) is 0.399. The van der Waals surface area contributed by atoms with Crippen molar-refractivity contribution in [2.24, 2.45) is 0 Å². The number of para-hydroxylation sites is 1. The lowest BCUT2D eigenvalue weighted by atomic mass is 10.2. The van der Waals surface area contributed by atoms with Crippen molar-refractivity contribution in [2.75, 3.05) is 12.9 Å². The lowest BCUT2D eigenvalue weighted by molar-refractivity contribution is -0.118. The molecule has 118 valence electrons. The molecule has 0 aliphatic carbocycles. The third kappa shape index (κ3) is 4.07. The highest BCUT2D eigenvalue weighted by Gasteiger charge is 2.06. The number of hydrogen-bond donors (Lipinski definition) is 1. The highest BCUT2D eigenvalue weighted by molar-refractivity contribution is 8.00. The molecule has 2 aromatic carbocycles. The molecule has 0 bridgehead atoms. The van der Waals surface area contributed by atoms with Crippen LogP contribution in [0.2, 0.25) is 0 Å². The second-order valence-electron chi connectivity index (χ2n) is 4.99. The van der Waals surface area contributed by atoms with Crippen molar-refractivity contribution in [1.82, 2.24) is 5.32 Å². The fraction of sp³-hybridized carbons (Fsp3) is 0.167. The first-order valence-corrected chi connectivity index (χ1v) is 8.24. The van der Waals surface area contributed by atoms with Gasteiger partial charge in [0.15, 0.2) is 0 Å². The summed E-state index contributed by atoms with van der Waals surface area (Å²) >= 11 is 1.49. The van der Waals surface area contributed by atoms with Crippen molar-refractivity contribution >= 4 is 28.6 Å². The standard InChI is InChI=1S/C18H17NO3S/c1-21-14-6-8-16(9-7-14)23-12-18(20)19-11-15-10-13-4-2-3-5-17(13)22-15/h2-10H,11-12H2,1H3,(H,19,20). The molecule has 23 heavy (non-hydrogen) atoms. The summed E-state index contributed by atoms with van der Waals surface area (Å²) in [7, 11) is 1.63. The van der Waals surface area contributed by atoms with E-state index in [0.29, 0.717) is 12.3 Å². The first kappa shape index (κ1) is 15.5. The number of carbonyl (C=O) groups is 1. The van der Waals surface area contributed by atoms with Gasteiger partial charge >= 0.3 is 0 Å². The van der Waals surface area contributed by atoms with E-state index in [1.165, 1.54) is 11.8 Å². The predicted octanol–water partition coefficient (Wildman–Crippen LogP) is 3.85. The summed E-state index contributed by atoms with van der Waals surface area (Å²) in [6.07, 6.45) is 0. The smallest absolute Gasteiger partial charge is 0.230 e. The molecule has 3 rings (SSSR count). The molecule has 0 aliphatic rings. The number of fused-ring (bicyclic) bond motifs is 1. The van der Waals surface area contributed by atoms with Gasteiger partial charge in [-0.25, -0.2) is 0 Å². The van der Waals surface area contributed by atoms with Gasteiger partial charge in [-0.1, -0.05) is 18.2 Å². The van der Waals surface area contributed by atoms with Crippen LogP contribution >= 0.6 is 11.8 Å². The summed E-state index contributed by atoms with van der Waals surface area (Å²) in [5.74, 6) is 1.91. The van der Waals surface area contributed by atoms with Crippen molar-refractivity contribution in [3.63, 3.8) is 0 Å². The Morgan fingerprint density at radius 3 is 2.70 bits per heavy atom. The van der Waals surface area contributed by atoms with Gasteiger partial charge in [0.2, 0.25) is 5.91 Å². The molecule has 0 saturated carbocycles. The van der Waals surface area contributed by atoms with E-state index in [9.17, 15) is 4.79 Å². The number of nitrogens with one attached hydrogen (secondary N) is 1. The van der Waals surface area contributed by atoms with Crippen LogP contribution in [0.4, 0.5) is 0 Å². The molecule has 4 nitrogen and oxygen atoms in total. The fourth-order valence-electron chi connectivity index (χ4n) is 2.18. The number of benzene rings is 2. The van der Waals surface area contributed by atoms with Gasteiger partial charge in [0.25, 0.3) is 0 Å². The second-order valence-corrected chi connectivity index (χ2v) is 6.04. The topological polar surface area (TPSA) is 51.5 Å². The molecule has 1 amide bonds. The van der Waals surface area contributed by atoms with Gasteiger partial charge in [0.05, 0.1) is 19.4 Å². The molecule has 0 aliphatic heterocycles. The third-order valence-corrected chi connectivity index (χ3v) is 4.38. The van der Waals surface area contributed by atoms with Crippen LogP contribution < -0.4 is 10.1 Å². The van der Waals surface area contributed by atoms with E-state index in [2.05, 4.69) is 5.32 Å². The van der Waals surface area contributed by atoms with E-state index in [1.54, 1.807) is 7.11 Å². The molecule has 3 aromatic rings. The molecule has 0 radical (unpaired) electrons. The molecule has 0 atom stereocenters. The Kier molecular flexibility index (Phi) is 4.88. The molecule has 0 saturated heterocycles. The van der Waals surface area contributed by atoms with Crippen molar-refractivity contribution in [3.05, 3.63) is 60.4 Å². The zero-order chi connectivity index (χ0) is 16.1. The summed E-state index contributed by atoms with van der Waals surface area (Å²) in [4.78, 5) is 13.0. The number of carbonyl (C=O) groups excluding carboxylic acids is 1. The second kappa shape index (κ2) is 7.24. The summed E-state index contributed by atoms with van der Waals surface area (Å²) in [5, 5.41) is 3.92. The zero-order valence-electron chi connectivity index (χ0n) is 12.7. The van der Waals surface area contributed by atoms with E-state index in [-0.39, 0.29) is 5.91 Å². The maximum Gasteiger partial charge on any atom is 0.230 e. The van der Waals surface area contributed by atoms with E-state index in [0.717, 1.165) is 27.4 Å². The number of thioether (sulfide) groups is 1. The molecule has 1 N–H and O–H groups in total. The van der Waals surface area contributed by atoms with Crippen LogP contribution in [-0.2, 0) is 11.3 Å². The van der Waals surface area contributed by atoms with Crippen molar-refractivity contribution in [2.45, 2.75) is 11.4 Å². The average molecular weight is 327 g/mol. The Morgan fingerprint density at radius 2 is 1.96 bits per heavy atom. The Balaban J connectivity index is 1.49. The van der Waals surface area contributed by atoms with Gasteiger partial charge in [-0.3, -0.25) is 4.79 Å². The lowest BCUT2D eigenvalue weighted by Gasteiger charge is -2.04. The largest absolute Gasteiger partial charge is 0.497 e. The molecule has 0 unspecified atom stereocenters. The zero-order valence-corrected chi connectivity index (χ0v) is 13.6. The van der Waals surface area contributed by atoms with Crippen molar-refractivity contribution in [1.29, 1.82) is 0 Å². The first-order chi connectivity index (χ1) is 11.2. The van der Waals surface area contributed by atoms with E-state index in [1.807, 2.05) is 54.6 Å². The monoisotopic (exact) mass is 327 g/mol. The SMILES string of the molecule is COc1ccc(SCC(=O)NCc2cc3ccccc3o2)cc1. The lowest BCUT2D eigenvalue weighted by Crippen LogP contribution is -2.24. The Bertz CT molecular complexity index is 762. The molecular weight excluding hydrogens is 310 g/mol. The maximum absolute atomic E-state index is 11.9. The number of rotatable bonds is 6. The van der Waals surface area contributed by atoms with Crippen LogP contribution in [0.1, 0.15) is 5.76 Å². The minimum atomic E-state index is -0.0220. The number of furan rings is 1. The summed E-state index contributed by atoms with van der Waals surface area (Å²) in [5.41, 5.74) is 0.837. The molecule has 5 heteroatoms. The number of hydrogen-bond acceptors (Lipinski definition) is 4. The van der Waals surface area contributed by atoms with Gasteiger partial charge in [0, 0.05) is 10.3 Å². The highest BCUT2D eigenvalue weighted by atomic mass is 32.2. The van der Waals surface area contributed by atoms with Crippen LogP contribution in [0.25, 0.3) is 11.0 Å². The quantitative estimate of drug-likeness (QED) is 0.699.